The number of nitrogens with two attached hydrogens (primary N) is 1. The van der Waals surface area contributed by atoms with Gasteiger partial charge in [0.1, 0.15) is 41.7 Å². The smallest absolute Gasteiger partial charge is 0.326 e. The fourth-order valence-corrected chi connectivity index (χ4v) is 5.46. The highest BCUT2D eigenvalue weighted by Gasteiger charge is 2.32. The number of hydrogen-bond acceptors (Lipinski definition) is 13. The highest BCUT2D eigenvalue weighted by Crippen LogP contribution is 2.13. The monoisotopic (exact) mass is 832 g/mol. The molecule has 2 aromatic rings. The number of carboxylic acids is 2. The summed E-state index contributed by atoms with van der Waals surface area (Å²) in [5, 5.41) is 54.8. The SMILES string of the molecule is CSCC[C@H](NC(=O)[C@H](C)NC(=O)[C@H](Cc1ccc(O)cc1)NC(=O)CNC(=O)CNC(=O)CN)C(=O)N[C@@H](CC(=O)O)C(=O)N[C@@H](Cc1ccc(O)cc1)C(=O)O. The molecule has 5 atom stereocenters. The van der Waals surface area contributed by atoms with Crippen molar-refractivity contribution >= 4 is 65.1 Å². The predicted molar refractivity (Wildman–Crippen MR) is 207 cm³/mol. The van der Waals surface area contributed by atoms with Crippen molar-refractivity contribution < 1.29 is 63.6 Å². The number of carbonyl (C=O) groups excluding carboxylic acids is 7. The van der Waals surface area contributed by atoms with Gasteiger partial charge < -0.3 is 63.4 Å². The van der Waals surface area contributed by atoms with Crippen LogP contribution in [0.5, 0.6) is 11.5 Å². The van der Waals surface area contributed by atoms with E-state index in [1.165, 1.54) is 67.2 Å². The molecule has 0 aromatic heterocycles. The summed E-state index contributed by atoms with van der Waals surface area (Å²) in [5.41, 5.74) is 6.09. The second kappa shape index (κ2) is 24.3. The number of thioether (sulfide) groups is 1. The molecule has 0 saturated heterocycles. The maximum atomic E-state index is 13.5. The summed E-state index contributed by atoms with van der Waals surface area (Å²) in [6, 6.07) is 3.85. The minimum absolute atomic E-state index is 0.0133. The van der Waals surface area contributed by atoms with Gasteiger partial charge >= 0.3 is 11.9 Å². The van der Waals surface area contributed by atoms with Gasteiger partial charge in [-0.2, -0.15) is 11.8 Å². The van der Waals surface area contributed by atoms with Gasteiger partial charge in [0.2, 0.25) is 41.4 Å². The zero-order valence-corrected chi connectivity index (χ0v) is 32.4. The molecule has 2 rings (SSSR count). The first-order chi connectivity index (χ1) is 27.4. The summed E-state index contributed by atoms with van der Waals surface area (Å²) in [6.07, 6.45) is 0.393. The number of rotatable bonds is 24. The average Bonchev–Trinajstić information content (AvgIpc) is 3.17. The highest BCUT2D eigenvalue weighted by molar-refractivity contribution is 7.98. The zero-order valence-electron chi connectivity index (χ0n) is 31.6. The lowest BCUT2D eigenvalue weighted by molar-refractivity contribution is -0.143. The van der Waals surface area contributed by atoms with Crippen LogP contribution in [0.3, 0.4) is 0 Å². The van der Waals surface area contributed by atoms with Crippen LogP contribution < -0.4 is 43.0 Å². The Balaban J connectivity index is 2.16. The fourth-order valence-electron chi connectivity index (χ4n) is 4.99. The lowest BCUT2D eigenvalue weighted by Gasteiger charge is -2.25. The van der Waals surface area contributed by atoms with Gasteiger partial charge in [-0.15, -0.1) is 0 Å². The first-order valence-electron chi connectivity index (χ1n) is 17.7. The molecule has 2 aromatic carbocycles. The first kappa shape index (κ1) is 47.7. The Kier molecular flexibility index (Phi) is 20.0. The summed E-state index contributed by atoms with van der Waals surface area (Å²) < 4.78 is 0. The maximum absolute atomic E-state index is 13.5. The average molecular weight is 833 g/mol. The van der Waals surface area contributed by atoms with Crippen LogP contribution in [0.15, 0.2) is 48.5 Å². The van der Waals surface area contributed by atoms with Crippen molar-refractivity contribution in [3.05, 3.63) is 59.7 Å². The number of carboxylic acid groups (broad SMARTS) is 2. The molecule has 0 fully saturated rings. The molecule has 0 spiro atoms. The summed E-state index contributed by atoms with van der Waals surface area (Å²) in [5.74, 6) is -8.74. The van der Waals surface area contributed by atoms with E-state index in [1.807, 2.05) is 0 Å². The van der Waals surface area contributed by atoms with Crippen LogP contribution in [0.2, 0.25) is 0 Å². The van der Waals surface area contributed by atoms with Crippen LogP contribution >= 0.6 is 11.8 Å². The van der Waals surface area contributed by atoms with E-state index in [2.05, 4.69) is 37.2 Å². The molecule has 0 unspecified atom stereocenters. The van der Waals surface area contributed by atoms with Gasteiger partial charge in [0, 0.05) is 12.8 Å². The molecule has 316 valence electrons. The van der Waals surface area contributed by atoms with Crippen LogP contribution in [-0.2, 0) is 56.0 Å². The third kappa shape index (κ3) is 17.6. The second-order valence-corrected chi connectivity index (χ2v) is 13.7. The van der Waals surface area contributed by atoms with Crippen molar-refractivity contribution in [2.45, 2.75) is 62.8 Å². The maximum Gasteiger partial charge on any atom is 0.326 e. The third-order valence-corrected chi connectivity index (χ3v) is 8.75. The summed E-state index contributed by atoms with van der Waals surface area (Å²) in [7, 11) is 0. The molecule has 21 nitrogen and oxygen atoms in total. The third-order valence-electron chi connectivity index (χ3n) is 8.10. The number of benzene rings is 2. The van der Waals surface area contributed by atoms with E-state index < -0.39 is 103 Å². The van der Waals surface area contributed by atoms with Crippen molar-refractivity contribution in [1.29, 1.82) is 0 Å². The Morgan fingerprint density at radius 1 is 0.603 bits per heavy atom. The van der Waals surface area contributed by atoms with Crippen molar-refractivity contribution in [1.82, 2.24) is 37.2 Å². The van der Waals surface area contributed by atoms with E-state index in [-0.39, 0.29) is 37.3 Å². The van der Waals surface area contributed by atoms with Gasteiger partial charge in [-0.25, -0.2) is 4.79 Å². The Bertz CT molecular complexity index is 1780. The van der Waals surface area contributed by atoms with Gasteiger partial charge in [0.15, 0.2) is 0 Å². The molecule has 22 heteroatoms. The molecule has 0 saturated carbocycles. The van der Waals surface area contributed by atoms with Gasteiger partial charge in [-0.3, -0.25) is 38.4 Å². The quantitative estimate of drug-likeness (QED) is 0.0497. The molecule has 0 aliphatic heterocycles. The van der Waals surface area contributed by atoms with Crippen LogP contribution in [0.1, 0.15) is 30.9 Å². The number of phenolic OH excluding ortho intramolecular Hbond substituents is 2. The molecular weight excluding hydrogens is 785 g/mol. The topological polar surface area (TPSA) is 345 Å². The standard InChI is InChI=1S/C36H48N8O13S/c1-19(40-34(54)25(13-20-3-7-22(45)8-4-20)41-30(49)18-39-29(48)17-38-28(47)16-37)32(52)42-24(11-12-58-2)33(53)43-26(15-31(50)51)35(55)44-27(36(56)57)14-21-5-9-23(46)10-6-21/h3-10,19,24-27,45-46H,11-18,37H2,1-2H3,(H,38,47)(H,39,48)(H,40,54)(H,41,49)(H,42,52)(H,43,53)(H,44,55)(H,50,51)(H,56,57)/t19-,24-,25-,26-,27-/m0/s1. The Labute approximate surface area is 336 Å². The number of aromatic hydroxyl groups is 2. The number of amides is 7. The van der Waals surface area contributed by atoms with E-state index in [0.29, 0.717) is 16.9 Å². The highest BCUT2D eigenvalue weighted by atomic mass is 32.2. The largest absolute Gasteiger partial charge is 0.508 e. The van der Waals surface area contributed by atoms with Gasteiger partial charge in [-0.1, -0.05) is 24.3 Å². The van der Waals surface area contributed by atoms with Crippen LogP contribution in [0.4, 0.5) is 0 Å². The summed E-state index contributed by atoms with van der Waals surface area (Å²) in [6.45, 7) is -0.108. The van der Waals surface area contributed by atoms with E-state index in [4.69, 9.17) is 5.73 Å². The zero-order chi connectivity index (χ0) is 43.4. The molecule has 0 aliphatic rings. The van der Waals surface area contributed by atoms with Crippen molar-refractivity contribution in [2.24, 2.45) is 5.73 Å². The van der Waals surface area contributed by atoms with Gasteiger partial charge in [-0.05, 0) is 60.7 Å². The Morgan fingerprint density at radius 2 is 1.07 bits per heavy atom. The second-order valence-electron chi connectivity index (χ2n) is 12.8. The number of hydrogen-bond donors (Lipinski definition) is 12. The summed E-state index contributed by atoms with van der Waals surface area (Å²) in [4.78, 5) is 113. The van der Waals surface area contributed by atoms with Crippen molar-refractivity contribution in [2.75, 3.05) is 31.6 Å². The van der Waals surface area contributed by atoms with Crippen molar-refractivity contribution in [3.8, 4) is 11.5 Å². The number of phenols is 2. The van der Waals surface area contributed by atoms with E-state index in [0.717, 1.165) is 0 Å². The molecular formula is C36H48N8O13S. The predicted octanol–water partition coefficient (Wildman–Crippen LogP) is -3.17. The normalized spacial score (nSPS) is 13.2. The van der Waals surface area contributed by atoms with Gasteiger partial charge in [0.05, 0.1) is 26.1 Å². The Hall–Kier alpha value is -6.42. The van der Waals surface area contributed by atoms with Crippen LogP contribution in [0, 0.1) is 0 Å². The molecule has 0 bridgehead atoms. The van der Waals surface area contributed by atoms with Crippen LogP contribution in [-0.4, -0.2) is 136 Å². The molecule has 0 radical (unpaired) electrons. The number of aliphatic carboxylic acids is 2. The lowest BCUT2D eigenvalue weighted by Crippen LogP contribution is -2.59. The first-order valence-corrected chi connectivity index (χ1v) is 19.0. The number of nitrogens with one attached hydrogen (secondary N) is 7. The minimum Gasteiger partial charge on any atom is -0.508 e. The molecule has 0 aliphatic carbocycles. The minimum atomic E-state index is -1.77. The van der Waals surface area contributed by atoms with E-state index in [9.17, 15) is 63.6 Å². The lowest BCUT2D eigenvalue weighted by atomic mass is 10.0. The van der Waals surface area contributed by atoms with E-state index >= 15 is 0 Å². The summed E-state index contributed by atoms with van der Waals surface area (Å²) >= 11 is 1.30. The number of carbonyl (C=O) groups is 9. The Morgan fingerprint density at radius 3 is 1.59 bits per heavy atom. The van der Waals surface area contributed by atoms with Gasteiger partial charge in [0.25, 0.3) is 0 Å². The van der Waals surface area contributed by atoms with Crippen LogP contribution in [0.25, 0.3) is 0 Å². The molecule has 13 N–H and O–H groups in total. The van der Waals surface area contributed by atoms with E-state index in [1.54, 1.807) is 6.26 Å². The molecule has 0 heterocycles. The fraction of sp³-hybridized carbons (Fsp3) is 0.417. The van der Waals surface area contributed by atoms with Crippen molar-refractivity contribution in [3.63, 3.8) is 0 Å². The molecule has 7 amide bonds. The molecule has 58 heavy (non-hydrogen) atoms.